The van der Waals surface area contributed by atoms with Crippen LogP contribution in [0.4, 0.5) is 0 Å². The van der Waals surface area contributed by atoms with Gasteiger partial charge in [-0.2, -0.15) is 0 Å². The highest BCUT2D eigenvalue weighted by atomic mass is 32.1. The van der Waals surface area contributed by atoms with E-state index in [0.29, 0.717) is 5.41 Å². The van der Waals surface area contributed by atoms with E-state index in [1.807, 2.05) is 11.3 Å². The largest absolute Gasteiger partial charge is 0.322 e. The summed E-state index contributed by atoms with van der Waals surface area (Å²) in [7, 11) is 0. The molecule has 0 aliphatic heterocycles. The first-order valence-electron chi connectivity index (χ1n) is 6.26. The topological polar surface area (TPSA) is 38.9 Å². The highest BCUT2D eigenvalue weighted by Crippen LogP contribution is 2.38. The average molecular weight is 238 g/mol. The fourth-order valence-electron chi connectivity index (χ4n) is 2.31. The number of aryl methyl sites for hydroxylation is 1. The number of hydrogen-bond acceptors (Lipinski definition) is 3. The summed E-state index contributed by atoms with van der Waals surface area (Å²) in [6.07, 6.45) is 5.76. The molecule has 1 atom stereocenters. The molecule has 1 aromatic rings. The van der Waals surface area contributed by atoms with Crippen molar-refractivity contribution in [2.75, 3.05) is 0 Å². The molecule has 1 heterocycles. The SMILES string of the molecule is CCCC(N)c1nc2c(s1)CC(C)(C)CC2. The van der Waals surface area contributed by atoms with Crippen LogP contribution in [0.5, 0.6) is 0 Å². The minimum atomic E-state index is 0.156. The average Bonchev–Trinajstić information content (AvgIpc) is 2.59. The summed E-state index contributed by atoms with van der Waals surface area (Å²) >= 11 is 1.85. The van der Waals surface area contributed by atoms with Crippen molar-refractivity contribution in [2.24, 2.45) is 11.1 Å². The quantitative estimate of drug-likeness (QED) is 0.876. The Balaban J connectivity index is 2.18. The van der Waals surface area contributed by atoms with Crippen molar-refractivity contribution in [2.45, 2.75) is 58.9 Å². The maximum absolute atomic E-state index is 6.13. The summed E-state index contributed by atoms with van der Waals surface area (Å²) in [6.45, 7) is 6.87. The normalized spacial score (nSPS) is 20.5. The van der Waals surface area contributed by atoms with Crippen LogP contribution in [0.2, 0.25) is 0 Å². The zero-order valence-corrected chi connectivity index (χ0v) is 11.4. The van der Waals surface area contributed by atoms with Gasteiger partial charge in [0, 0.05) is 4.88 Å². The maximum atomic E-state index is 6.13. The summed E-state index contributed by atoms with van der Waals surface area (Å²) in [6, 6.07) is 0.156. The molecule has 3 heteroatoms. The predicted molar refractivity (Wildman–Crippen MR) is 69.8 cm³/mol. The molecule has 1 aliphatic carbocycles. The Morgan fingerprint density at radius 1 is 1.50 bits per heavy atom. The van der Waals surface area contributed by atoms with Crippen LogP contribution < -0.4 is 5.73 Å². The first kappa shape index (κ1) is 12.1. The van der Waals surface area contributed by atoms with Gasteiger partial charge in [-0.3, -0.25) is 0 Å². The molecular formula is C13H22N2S. The third-order valence-corrected chi connectivity index (χ3v) is 4.62. The number of nitrogens with zero attached hydrogens (tertiary/aromatic N) is 1. The van der Waals surface area contributed by atoms with Crippen LogP contribution in [0.15, 0.2) is 0 Å². The van der Waals surface area contributed by atoms with Crippen LogP contribution >= 0.6 is 11.3 Å². The summed E-state index contributed by atoms with van der Waals surface area (Å²) in [5.41, 5.74) is 7.91. The second-order valence-electron chi connectivity index (χ2n) is 5.66. The van der Waals surface area contributed by atoms with E-state index < -0.39 is 0 Å². The van der Waals surface area contributed by atoms with Crippen LogP contribution in [0.1, 0.15) is 61.7 Å². The van der Waals surface area contributed by atoms with E-state index in [1.165, 1.54) is 23.4 Å². The van der Waals surface area contributed by atoms with Gasteiger partial charge < -0.3 is 5.73 Å². The smallest absolute Gasteiger partial charge is 0.110 e. The molecule has 2 nitrogen and oxygen atoms in total. The molecule has 0 aromatic carbocycles. The lowest BCUT2D eigenvalue weighted by molar-refractivity contribution is 0.316. The number of hydrogen-bond donors (Lipinski definition) is 1. The van der Waals surface area contributed by atoms with Gasteiger partial charge in [-0.05, 0) is 31.1 Å². The summed E-state index contributed by atoms with van der Waals surface area (Å²) in [4.78, 5) is 6.21. The second kappa shape index (κ2) is 4.46. The third-order valence-electron chi connectivity index (χ3n) is 3.39. The Morgan fingerprint density at radius 2 is 2.25 bits per heavy atom. The molecular weight excluding hydrogens is 216 g/mol. The maximum Gasteiger partial charge on any atom is 0.110 e. The molecule has 0 amide bonds. The van der Waals surface area contributed by atoms with Crippen LogP contribution in [-0.2, 0) is 12.8 Å². The molecule has 0 saturated heterocycles. The summed E-state index contributed by atoms with van der Waals surface area (Å²) in [5, 5.41) is 1.16. The molecule has 2 rings (SSSR count). The van der Waals surface area contributed by atoms with E-state index in [1.54, 1.807) is 0 Å². The first-order chi connectivity index (χ1) is 7.52. The van der Waals surface area contributed by atoms with Gasteiger partial charge in [0.15, 0.2) is 0 Å². The van der Waals surface area contributed by atoms with Crippen LogP contribution in [0.3, 0.4) is 0 Å². The molecule has 2 N–H and O–H groups in total. The van der Waals surface area contributed by atoms with Crippen LogP contribution in [0.25, 0.3) is 0 Å². The molecule has 0 fully saturated rings. The monoisotopic (exact) mass is 238 g/mol. The Hall–Kier alpha value is -0.410. The lowest BCUT2D eigenvalue weighted by Crippen LogP contribution is -2.20. The number of fused-ring (bicyclic) bond motifs is 1. The van der Waals surface area contributed by atoms with Crippen molar-refractivity contribution in [3.8, 4) is 0 Å². The lowest BCUT2D eigenvalue weighted by Gasteiger charge is -2.28. The zero-order valence-electron chi connectivity index (χ0n) is 10.5. The number of rotatable bonds is 3. The van der Waals surface area contributed by atoms with Crippen molar-refractivity contribution >= 4 is 11.3 Å². The highest BCUT2D eigenvalue weighted by Gasteiger charge is 2.28. The molecule has 0 radical (unpaired) electrons. The van der Waals surface area contributed by atoms with Gasteiger partial charge in [0.25, 0.3) is 0 Å². The lowest BCUT2D eigenvalue weighted by atomic mass is 9.79. The van der Waals surface area contributed by atoms with E-state index in [0.717, 1.165) is 24.3 Å². The van der Waals surface area contributed by atoms with Gasteiger partial charge in [-0.1, -0.05) is 27.2 Å². The van der Waals surface area contributed by atoms with E-state index in [-0.39, 0.29) is 6.04 Å². The second-order valence-corrected chi connectivity index (χ2v) is 6.77. The molecule has 1 aromatic heterocycles. The molecule has 1 unspecified atom stereocenters. The number of aromatic nitrogens is 1. The Bertz CT molecular complexity index is 368. The molecule has 0 bridgehead atoms. The standard InChI is InChI=1S/C13H22N2S/c1-4-5-9(14)12-15-10-6-7-13(2,3)8-11(10)16-12/h9H,4-8,14H2,1-3H3. The van der Waals surface area contributed by atoms with Gasteiger partial charge in [0.1, 0.15) is 5.01 Å². The van der Waals surface area contributed by atoms with E-state index >= 15 is 0 Å². The van der Waals surface area contributed by atoms with Gasteiger partial charge in [-0.15, -0.1) is 11.3 Å². The van der Waals surface area contributed by atoms with Crippen molar-refractivity contribution in [1.29, 1.82) is 0 Å². The van der Waals surface area contributed by atoms with Crippen molar-refractivity contribution in [1.82, 2.24) is 4.98 Å². The fraction of sp³-hybridized carbons (Fsp3) is 0.769. The number of thiazole rings is 1. The van der Waals surface area contributed by atoms with Gasteiger partial charge in [0.05, 0.1) is 11.7 Å². The van der Waals surface area contributed by atoms with Gasteiger partial charge in [-0.25, -0.2) is 4.98 Å². The summed E-state index contributed by atoms with van der Waals surface area (Å²) < 4.78 is 0. The van der Waals surface area contributed by atoms with E-state index in [9.17, 15) is 0 Å². The van der Waals surface area contributed by atoms with Crippen LogP contribution in [0, 0.1) is 5.41 Å². The number of nitrogens with two attached hydrogens (primary N) is 1. The van der Waals surface area contributed by atoms with Crippen LogP contribution in [-0.4, -0.2) is 4.98 Å². The molecule has 90 valence electrons. The Morgan fingerprint density at radius 3 is 2.94 bits per heavy atom. The van der Waals surface area contributed by atoms with E-state index in [2.05, 4.69) is 20.8 Å². The molecule has 0 saturated carbocycles. The van der Waals surface area contributed by atoms with Crippen molar-refractivity contribution in [3.05, 3.63) is 15.6 Å². The molecule has 16 heavy (non-hydrogen) atoms. The fourth-order valence-corrected chi connectivity index (χ4v) is 3.72. The van der Waals surface area contributed by atoms with Crippen molar-refractivity contribution < 1.29 is 0 Å². The van der Waals surface area contributed by atoms with E-state index in [4.69, 9.17) is 10.7 Å². The molecule has 0 spiro atoms. The summed E-state index contributed by atoms with van der Waals surface area (Å²) in [5.74, 6) is 0. The Kier molecular flexibility index (Phi) is 3.36. The highest BCUT2D eigenvalue weighted by molar-refractivity contribution is 7.11. The molecule has 1 aliphatic rings. The minimum absolute atomic E-state index is 0.156. The third kappa shape index (κ3) is 2.46. The van der Waals surface area contributed by atoms with Crippen molar-refractivity contribution in [3.63, 3.8) is 0 Å². The Labute approximate surface area is 102 Å². The first-order valence-corrected chi connectivity index (χ1v) is 7.07. The van der Waals surface area contributed by atoms with Gasteiger partial charge >= 0.3 is 0 Å². The minimum Gasteiger partial charge on any atom is -0.322 e. The van der Waals surface area contributed by atoms with Gasteiger partial charge in [0.2, 0.25) is 0 Å². The predicted octanol–water partition coefficient (Wildman–Crippen LogP) is 3.46. The zero-order chi connectivity index (χ0) is 11.8.